The van der Waals surface area contributed by atoms with Crippen molar-refractivity contribution in [2.45, 2.75) is 6.92 Å². The summed E-state index contributed by atoms with van der Waals surface area (Å²) in [6.07, 6.45) is 0.562. The van der Waals surface area contributed by atoms with Gasteiger partial charge in [0.25, 0.3) is 12.4 Å². The maximum atomic E-state index is 11.1. The van der Waals surface area contributed by atoms with Gasteiger partial charge >= 0.3 is 0 Å². The van der Waals surface area contributed by atoms with Crippen LogP contribution in [0.5, 0.6) is 0 Å². The van der Waals surface area contributed by atoms with Gasteiger partial charge in [0, 0.05) is 10.6 Å². The van der Waals surface area contributed by atoms with Crippen LogP contribution in [-0.2, 0) is 14.3 Å². The Morgan fingerprint density at radius 1 is 1.23 bits per heavy atom. The molecule has 1 heterocycles. The van der Waals surface area contributed by atoms with Crippen LogP contribution in [0, 0.1) is 6.92 Å². The van der Waals surface area contributed by atoms with E-state index in [0.29, 0.717) is 29.3 Å². The third-order valence-electron chi connectivity index (χ3n) is 2.87. The van der Waals surface area contributed by atoms with Gasteiger partial charge in [-0.3, -0.25) is 14.5 Å². The Hall–Kier alpha value is -2.54. The number of hydrogen-bond acceptors (Lipinski definition) is 6. The molecule has 0 bridgehead atoms. The number of anilines is 1. The summed E-state index contributed by atoms with van der Waals surface area (Å²) in [4.78, 5) is 26.7. The topological polar surface area (TPSA) is 85.3 Å². The van der Waals surface area contributed by atoms with Crippen molar-refractivity contribution in [2.24, 2.45) is 0 Å². The molecule has 8 heteroatoms. The molecule has 0 N–H and O–H groups in total. The number of nitrogens with zero attached hydrogens (tertiary/aromatic N) is 4. The fourth-order valence-electron chi connectivity index (χ4n) is 1.79. The molecule has 0 spiro atoms. The Labute approximate surface area is 131 Å². The molecule has 7 nitrogen and oxygen atoms in total. The van der Waals surface area contributed by atoms with Crippen LogP contribution in [0.2, 0.25) is 5.02 Å². The number of hydrogen-bond donors (Lipinski definition) is 0. The molecule has 22 heavy (non-hydrogen) atoms. The molecule has 1 aromatic carbocycles. The van der Waals surface area contributed by atoms with Crippen LogP contribution >= 0.6 is 11.6 Å². The Bertz CT molecular complexity index is 664. The SMILES string of the molecule is Cc1nc(N(C=O)CCOC=O)nnc1-c1ccc(Cl)cc1. The van der Waals surface area contributed by atoms with E-state index in [-0.39, 0.29) is 19.1 Å². The highest BCUT2D eigenvalue weighted by molar-refractivity contribution is 6.30. The smallest absolute Gasteiger partial charge is 0.293 e. The molecule has 0 aliphatic heterocycles. The molecule has 0 fully saturated rings. The van der Waals surface area contributed by atoms with Crippen molar-refractivity contribution in [1.82, 2.24) is 15.2 Å². The van der Waals surface area contributed by atoms with Crippen LogP contribution in [0.1, 0.15) is 5.69 Å². The lowest BCUT2D eigenvalue weighted by Gasteiger charge is -2.15. The molecule has 0 atom stereocenters. The van der Waals surface area contributed by atoms with Gasteiger partial charge in [-0.15, -0.1) is 10.2 Å². The standard InChI is InChI=1S/C14H13ClN4O3/c1-10-13(11-2-4-12(15)5-3-11)17-18-14(16-10)19(8-20)6-7-22-9-21/h2-5,8-9H,6-7H2,1H3. The molecule has 1 amide bonds. The highest BCUT2D eigenvalue weighted by Gasteiger charge is 2.13. The molecule has 0 saturated heterocycles. The van der Waals surface area contributed by atoms with Gasteiger partial charge < -0.3 is 4.74 Å². The quantitative estimate of drug-likeness (QED) is 0.569. The lowest BCUT2D eigenvalue weighted by molar-refractivity contribution is -0.128. The van der Waals surface area contributed by atoms with Crippen molar-refractivity contribution in [1.29, 1.82) is 0 Å². The second-order valence-electron chi connectivity index (χ2n) is 4.32. The van der Waals surface area contributed by atoms with E-state index in [1.807, 2.05) is 12.1 Å². The molecular weight excluding hydrogens is 308 g/mol. The zero-order valence-electron chi connectivity index (χ0n) is 11.8. The summed E-state index contributed by atoms with van der Waals surface area (Å²) in [6, 6.07) is 7.13. The fraction of sp³-hybridized carbons (Fsp3) is 0.214. The minimum absolute atomic E-state index is 0.0591. The minimum Gasteiger partial charge on any atom is -0.466 e. The first-order valence-corrected chi connectivity index (χ1v) is 6.78. The van der Waals surface area contributed by atoms with Crippen molar-refractivity contribution in [2.75, 3.05) is 18.1 Å². The van der Waals surface area contributed by atoms with Crippen molar-refractivity contribution in [3.63, 3.8) is 0 Å². The molecule has 2 rings (SSSR count). The van der Waals surface area contributed by atoms with Gasteiger partial charge in [-0.25, -0.2) is 4.98 Å². The molecule has 0 unspecified atom stereocenters. The number of carbonyl (C=O) groups excluding carboxylic acids is 2. The largest absolute Gasteiger partial charge is 0.466 e. The molecule has 0 aliphatic rings. The number of aryl methyl sites for hydroxylation is 1. The normalized spacial score (nSPS) is 10.1. The second kappa shape index (κ2) is 7.46. The summed E-state index contributed by atoms with van der Waals surface area (Å²) in [5, 5.41) is 8.68. The zero-order chi connectivity index (χ0) is 15.9. The summed E-state index contributed by atoms with van der Waals surface area (Å²) in [6.45, 7) is 2.30. The van der Waals surface area contributed by atoms with E-state index in [2.05, 4.69) is 19.9 Å². The van der Waals surface area contributed by atoms with Crippen molar-refractivity contribution < 1.29 is 14.3 Å². The molecule has 1 aromatic heterocycles. The Balaban J connectivity index is 2.22. The number of aromatic nitrogens is 3. The first-order valence-electron chi connectivity index (χ1n) is 6.40. The molecule has 0 aliphatic carbocycles. The maximum absolute atomic E-state index is 11.1. The summed E-state index contributed by atoms with van der Waals surface area (Å²) in [7, 11) is 0. The van der Waals surface area contributed by atoms with Crippen molar-refractivity contribution in [3.8, 4) is 11.3 Å². The Morgan fingerprint density at radius 3 is 2.55 bits per heavy atom. The third kappa shape index (κ3) is 3.76. The van der Waals surface area contributed by atoms with Crippen LogP contribution in [-0.4, -0.2) is 41.2 Å². The number of rotatable bonds is 7. The number of carbonyl (C=O) groups is 2. The molecule has 0 radical (unpaired) electrons. The average Bonchev–Trinajstić information content (AvgIpc) is 2.53. The molecule has 2 aromatic rings. The van der Waals surface area contributed by atoms with Crippen LogP contribution < -0.4 is 4.90 Å². The van der Waals surface area contributed by atoms with Crippen molar-refractivity contribution in [3.05, 3.63) is 35.0 Å². The van der Waals surface area contributed by atoms with Gasteiger partial charge in [-0.05, 0) is 19.1 Å². The molecule has 0 saturated carbocycles. The van der Waals surface area contributed by atoms with E-state index in [0.717, 1.165) is 5.56 Å². The van der Waals surface area contributed by atoms with Crippen molar-refractivity contribution >= 4 is 30.4 Å². The average molecular weight is 321 g/mol. The van der Waals surface area contributed by atoms with Gasteiger partial charge in [-0.1, -0.05) is 23.7 Å². The van der Waals surface area contributed by atoms with Crippen LogP contribution in [0.25, 0.3) is 11.3 Å². The van der Waals surface area contributed by atoms with Gasteiger partial charge in [-0.2, -0.15) is 0 Å². The Morgan fingerprint density at radius 2 is 1.95 bits per heavy atom. The number of halogens is 1. The van der Waals surface area contributed by atoms with E-state index in [1.54, 1.807) is 19.1 Å². The number of amides is 1. The highest BCUT2D eigenvalue weighted by Crippen LogP contribution is 2.22. The van der Waals surface area contributed by atoms with E-state index in [1.165, 1.54) is 4.90 Å². The highest BCUT2D eigenvalue weighted by atomic mass is 35.5. The first-order chi connectivity index (χ1) is 10.7. The van der Waals surface area contributed by atoms with Gasteiger partial charge in [0.2, 0.25) is 6.41 Å². The van der Waals surface area contributed by atoms with Crippen LogP contribution in [0.3, 0.4) is 0 Å². The predicted octanol–water partition coefficient (Wildman–Crippen LogP) is 1.64. The lowest BCUT2D eigenvalue weighted by atomic mass is 10.1. The molecule has 114 valence electrons. The first kappa shape index (κ1) is 15.8. The number of benzene rings is 1. The number of ether oxygens (including phenoxy) is 1. The third-order valence-corrected chi connectivity index (χ3v) is 3.12. The zero-order valence-corrected chi connectivity index (χ0v) is 12.5. The lowest BCUT2D eigenvalue weighted by Crippen LogP contribution is -2.28. The predicted molar refractivity (Wildman–Crippen MR) is 80.4 cm³/mol. The second-order valence-corrected chi connectivity index (χ2v) is 4.75. The summed E-state index contributed by atoms with van der Waals surface area (Å²) < 4.78 is 4.55. The molecular formula is C14H13ClN4O3. The van der Waals surface area contributed by atoms with E-state index in [9.17, 15) is 9.59 Å². The monoisotopic (exact) mass is 320 g/mol. The van der Waals surface area contributed by atoms with E-state index in [4.69, 9.17) is 11.6 Å². The fourth-order valence-corrected chi connectivity index (χ4v) is 1.91. The van der Waals surface area contributed by atoms with Gasteiger partial charge in [0.1, 0.15) is 12.3 Å². The van der Waals surface area contributed by atoms with Gasteiger partial charge in [0.05, 0.1) is 12.2 Å². The van der Waals surface area contributed by atoms with Crippen LogP contribution in [0.15, 0.2) is 24.3 Å². The van der Waals surface area contributed by atoms with E-state index >= 15 is 0 Å². The summed E-state index contributed by atoms with van der Waals surface area (Å²) in [5.74, 6) is 0.153. The summed E-state index contributed by atoms with van der Waals surface area (Å²) in [5.41, 5.74) is 2.06. The maximum Gasteiger partial charge on any atom is 0.293 e. The van der Waals surface area contributed by atoms with Gasteiger partial charge in [0.15, 0.2) is 0 Å². The Kier molecular flexibility index (Phi) is 5.37. The van der Waals surface area contributed by atoms with E-state index < -0.39 is 0 Å². The minimum atomic E-state index is 0.0591. The van der Waals surface area contributed by atoms with Crippen LogP contribution in [0.4, 0.5) is 5.95 Å². The summed E-state index contributed by atoms with van der Waals surface area (Å²) >= 11 is 5.85.